The summed E-state index contributed by atoms with van der Waals surface area (Å²) in [6, 6.07) is 10.8. The number of guanidine groups is 1. The number of pyridine rings is 1. The Labute approximate surface area is 152 Å². The molecule has 0 atom stereocenters. The average molecular weight is 353 g/mol. The van der Waals surface area contributed by atoms with Crippen LogP contribution >= 0.6 is 0 Å². The molecule has 0 bridgehead atoms. The third-order valence-corrected chi connectivity index (χ3v) is 4.12. The molecular weight excluding hydrogens is 329 g/mol. The fourth-order valence-electron chi connectivity index (χ4n) is 2.85. The van der Waals surface area contributed by atoms with Crippen LogP contribution in [0.4, 0.5) is 4.39 Å². The van der Waals surface area contributed by atoms with E-state index in [4.69, 9.17) is 0 Å². The fourth-order valence-corrected chi connectivity index (χ4v) is 2.85. The lowest BCUT2D eigenvalue weighted by Crippen LogP contribution is -2.38. The molecule has 1 aromatic carbocycles. The first-order chi connectivity index (χ1) is 12.8. The van der Waals surface area contributed by atoms with Crippen molar-refractivity contribution in [2.24, 2.45) is 4.99 Å². The van der Waals surface area contributed by atoms with E-state index in [0.29, 0.717) is 6.54 Å². The van der Waals surface area contributed by atoms with E-state index in [9.17, 15) is 4.39 Å². The summed E-state index contributed by atoms with van der Waals surface area (Å²) >= 11 is 0. The van der Waals surface area contributed by atoms with Crippen molar-refractivity contribution >= 4 is 16.9 Å². The highest BCUT2D eigenvalue weighted by atomic mass is 19.1. The van der Waals surface area contributed by atoms with Crippen molar-refractivity contribution in [3.63, 3.8) is 0 Å². The van der Waals surface area contributed by atoms with E-state index in [0.717, 1.165) is 54.1 Å². The van der Waals surface area contributed by atoms with E-state index in [1.54, 1.807) is 6.20 Å². The molecule has 3 N–H and O–H groups in total. The number of fused-ring (bicyclic) bond motifs is 1. The summed E-state index contributed by atoms with van der Waals surface area (Å²) in [5.41, 5.74) is 3.03. The van der Waals surface area contributed by atoms with Gasteiger partial charge in [-0.05, 0) is 49.2 Å². The number of halogens is 1. The van der Waals surface area contributed by atoms with Crippen molar-refractivity contribution in [2.45, 2.75) is 19.8 Å². The minimum atomic E-state index is -0.224. The lowest BCUT2D eigenvalue weighted by Gasteiger charge is -2.11. The highest BCUT2D eigenvalue weighted by Crippen LogP contribution is 2.19. The zero-order chi connectivity index (χ0) is 18.2. The number of aromatic amines is 1. The smallest absolute Gasteiger partial charge is 0.191 e. The summed E-state index contributed by atoms with van der Waals surface area (Å²) in [6.45, 7) is 4.28. The van der Waals surface area contributed by atoms with Crippen molar-refractivity contribution in [1.82, 2.24) is 20.6 Å². The zero-order valence-corrected chi connectivity index (χ0v) is 14.9. The number of hydrogen-bond donors (Lipinski definition) is 3. The summed E-state index contributed by atoms with van der Waals surface area (Å²) in [7, 11) is 0. The maximum Gasteiger partial charge on any atom is 0.191 e. The number of H-pyrrole nitrogens is 1. The molecule has 3 aromatic rings. The van der Waals surface area contributed by atoms with Crippen LogP contribution in [0.3, 0.4) is 0 Å². The molecule has 3 rings (SSSR count). The molecule has 0 unspecified atom stereocenters. The Morgan fingerprint density at radius 2 is 2.12 bits per heavy atom. The Bertz CT molecular complexity index is 857. The fraction of sp³-hybridized carbons (Fsp3) is 0.300. The summed E-state index contributed by atoms with van der Waals surface area (Å²) in [4.78, 5) is 12.0. The third kappa shape index (κ3) is 4.81. The van der Waals surface area contributed by atoms with E-state index in [2.05, 4.69) is 25.6 Å². The lowest BCUT2D eigenvalue weighted by atomic mass is 10.1. The van der Waals surface area contributed by atoms with Crippen LogP contribution in [0.25, 0.3) is 10.9 Å². The topological polar surface area (TPSA) is 65.1 Å². The lowest BCUT2D eigenvalue weighted by molar-refractivity contribution is 0.629. The molecular formula is C20H24FN5. The third-order valence-electron chi connectivity index (χ3n) is 4.12. The summed E-state index contributed by atoms with van der Waals surface area (Å²) in [5, 5.41) is 7.67. The molecule has 0 aliphatic rings. The predicted octanol–water partition coefficient (Wildman–Crippen LogP) is 3.04. The molecule has 0 aliphatic carbocycles. The maximum atomic E-state index is 13.3. The number of hydrogen-bond acceptors (Lipinski definition) is 2. The van der Waals surface area contributed by atoms with E-state index in [1.165, 1.54) is 12.1 Å². The van der Waals surface area contributed by atoms with Gasteiger partial charge < -0.3 is 15.6 Å². The molecule has 2 heterocycles. The van der Waals surface area contributed by atoms with Crippen LogP contribution < -0.4 is 10.6 Å². The van der Waals surface area contributed by atoms with Crippen molar-refractivity contribution in [1.29, 1.82) is 0 Å². The Balaban J connectivity index is 1.53. The molecule has 26 heavy (non-hydrogen) atoms. The molecule has 0 amide bonds. The minimum absolute atomic E-state index is 0.224. The second-order valence-corrected chi connectivity index (χ2v) is 6.01. The second-order valence-electron chi connectivity index (χ2n) is 6.01. The van der Waals surface area contributed by atoms with Crippen molar-refractivity contribution in [3.8, 4) is 0 Å². The highest BCUT2D eigenvalue weighted by Gasteiger charge is 2.05. The van der Waals surface area contributed by atoms with Crippen molar-refractivity contribution in [2.75, 3.05) is 19.6 Å². The van der Waals surface area contributed by atoms with Gasteiger partial charge in [-0.15, -0.1) is 0 Å². The monoisotopic (exact) mass is 353 g/mol. The van der Waals surface area contributed by atoms with E-state index in [-0.39, 0.29) is 5.82 Å². The van der Waals surface area contributed by atoms with Gasteiger partial charge in [0.1, 0.15) is 5.82 Å². The first kappa shape index (κ1) is 17.9. The summed E-state index contributed by atoms with van der Waals surface area (Å²) < 4.78 is 13.3. The van der Waals surface area contributed by atoms with Gasteiger partial charge in [0.25, 0.3) is 0 Å². The molecule has 0 saturated carbocycles. The van der Waals surface area contributed by atoms with Crippen LogP contribution in [0.5, 0.6) is 0 Å². The minimum Gasteiger partial charge on any atom is -0.361 e. The second kappa shape index (κ2) is 8.99. The SMILES string of the molecule is CCNC(=NCCc1ccccn1)NCCc1c[nH]c2cc(F)ccc12. The Hall–Kier alpha value is -2.89. The van der Waals surface area contributed by atoms with Gasteiger partial charge in [0, 0.05) is 55.0 Å². The highest BCUT2D eigenvalue weighted by molar-refractivity contribution is 5.83. The summed E-state index contributed by atoms with van der Waals surface area (Å²) in [6.07, 6.45) is 5.38. The Morgan fingerprint density at radius 3 is 2.92 bits per heavy atom. The van der Waals surface area contributed by atoms with Crippen LogP contribution in [-0.4, -0.2) is 35.6 Å². The van der Waals surface area contributed by atoms with Crippen LogP contribution in [0.15, 0.2) is 53.8 Å². The normalized spacial score (nSPS) is 11.7. The van der Waals surface area contributed by atoms with Gasteiger partial charge in [-0.2, -0.15) is 0 Å². The Kier molecular flexibility index (Phi) is 6.19. The van der Waals surface area contributed by atoms with Gasteiger partial charge in [0.05, 0.1) is 0 Å². The van der Waals surface area contributed by atoms with Gasteiger partial charge in [-0.25, -0.2) is 4.39 Å². The molecule has 0 spiro atoms. The number of benzene rings is 1. The Morgan fingerprint density at radius 1 is 1.19 bits per heavy atom. The molecule has 0 fully saturated rings. The first-order valence-corrected chi connectivity index (χ1v) is 8.94. The van der Waals surface area contributed by atoms with Gasteiger partial charge in [-0.1, -0.05) is 6.07 Å². The van der Waals surface area contributed by atoms with Crippen LogP contribution in [-0.2, 0) is 12.8 Å². The van der Waals surface area contributed by atoms with Gasteiger partial charge in [-0.3, -0.25) is 9.98 Å². The van der Waals surface area contributed by atoms with Gasteiger partial charge in [0.15, 0.2) is 5.96 Å². The quantitative estimate of drug-likeness (QED) is 0.452. The number of rotatable bonds is 7. The number of aromatic nitrogens is 2. The van der Waals surface area contributed by atoms with Gasteiger partial charge in [0.2, 0.25) is 0 Å². The standard InChI is InChI=1S/C20H24FN5/c1-2-22-20(25-12-9-17-5-3-4-10-23-17)24-11-8-15-14-26-19-13-16(21)6-7-18(15)19/h3-7,10,13-14,26H,2,8-9,11-12H2,1H3,(H2,22,24,25). The number of nitrogens with one attached hydrogen (secondary N) is 3. The largest absolute Gasteiger partial charge is 0.361 e. The number of aliphatic imine (C=N–C) groups is 1. The molecule has 136 valence electrons. The van der Waals surface area contributed by atoms with Crippen LogP contribution in [0.2, 0.25) is 0 Å². The van der Waals surface area contributed by atoms with Crippen molar-refractivity contribution < 1.29 is 4.39 Å². The van der Waals surface area contributed by atoms with E-state index >= 15 is 0 Å². The molecule has 0 saturated heterocycles. The van der Waals surface area contributed by atoms with E-state index in [1.807, 2.05) is 37.4 Å². The predicted molar refractivity (Wildman–Crippen MR) is 104 cm³/mol. The van der Waals surface area contributed by atoms with Crippen LogP contribution in [0, 0.1) is 5.82 Å². The van der Waals surface area contributed by atoms with Crippen molar-refractivity contribution in [3.05, 3.63) is 65.9 Å². The molecule has 2 aromatic heterocycles. The molecule has 5 nitrogen and oxygen atoms in total. The number of nitrogens with zero attached hydrogens (tertiary/aromatic N) is 2. The molecule has 0 aliphatic heterocycles. The van der Waals surface area contributed by atoms with Crippen LogP contribution in [0.1, 0.15) is 18.2 Å². The van der Waals surface area contributed by atoms with Gasteiger partial charge >= 0.3 is 0 Å². The maximum absolute atomic E-state index is 13.3. The van der Waals surface area contributed by atoms with E-state index < -0.39 is 0 Å². The average Bonchev–Trinajstić information content (AvgIpc) is 3.04. The molecule has 0 radical (unpaired) electrons. The first-order valence-electron chi connectivity index (χ1n) is 8.94. The molecule has 6 heteroatoms. The zero-order valence-electron chi connectivity index (χ0n) is 14.9. The summed E-state index contributed by atoms with van der Waals surface area (Å²) in [5.74, 6) is 0.577.